The molecule has 1 N–H and O–H groups in total. The number of rotatable bonds is 6. The smallest absolute Gasteiger partial charge is 0.0246 e. The highest BCUT2D eigenvalue weighted by Crippen LogP contribution is 1.96. The second-order valence-corrected chi connectivity index (χ2v) is 5.00. The van der Waals surface area contributed by atoms with Gasteiger partial charge in [-0.3, -0.25) is 4.21 Å². The fourth-order valence-electron chi connectivity index (χ4n) is 1.03. The Bertz CT molecular complexity index is 138. The van der Waals surface area contributed by atoms with Crippen molar-refractivity contribution in [2.45, 2.75) is 45.7 Å². The molecule has 0 aliphatic rings. The summed E-state index contributed by atoms with van der Waals surface area (Å²) in [5, 5.41) is 3.45. The summed E-state index contributed by atoms with van der Waals surface area (Å²) in [5.41, 5.74) is 0. The minimum Gasteiger partial charge on any atom is -0.312 e. The summed E-state index contributed by atoms with van der Waals surface area (Å²) in [6.07, 6.45) is 3.92. The highest BCUT2D eigenvalue weighted by Gasteiger charge is 2.05. The van der Waals surface area contributed by atoms with Crippen molar-refractivity contribution in [2.24, 2.45) is 0 Å². The molecule has 0 bridgehead atoms. The van der Waals surface area contributed by atoms with Crippen molar-refractivity contribution in [1.29, 1.82) is 0 Å². The average Bonchev–Trinajstić information content (AvgIpc) is 2.00. The van der Waals surface area contributed by atoms with Crippen molar-refractivity contribution >= 4 is 10.8 Å². The monoisotopic (exact) mass is 191 g/mol. The zero-order chi connectivity index (χ0) is 9.56. The highest BCUT2D eigenvalue weighted by molar-refractivity contribution is 7.84. The fraction of sp³-hybridized carbons (Fsp3) is 1.00. The van der Waals surface area contributed by atoms with Crippen LogP contribution in [0.2, 0.25) is 0 Å². The maximum atomic E-state index is 10.8. The van der Waals surface area contributed by atoms with Gasteiger partial charge in [0.25, 0.3) is 0 Å². The first kappa shape index (κ1) is 12.1. The fourth-order valence-corrected chi connectivity index (χ4v) is 1.72. The summed E-state index contributed by atoms with van der Waals surface area (Å²) < 4.78 is 10.8. The van der Waals surface area contributed by atoms with Crippen LogP contribution in [-0.4, -0.2) is 28.3 Å². The molecule has 0 aromatic carbocycles. The average molecular weight is 191 g/mol. The molecular weight excluding hydrogens is 170 g/mol. The van der Waals surface area contributed by atoms with Crippen LogP contribution >= 0.6 is 0 Å². The molecule has 0 spiro atoms. The van der Waals surface area contributed by atoms with Crippen LogP contribution in [0.4, 0.5) is 0 Å². The molecule has 3 unspecified atom stereocenters. The molecular formula is C9H21NOS. The molecule has 0 aliphatic heterocycles. The van der Waals surface area contributed by atoms with Crippen molar-refractivity contribution in [3.05, 3.63) is 0 Å². The molecule has 0 radical (unpaired) electrons. The minimum absolute atomic E-state index is 0.490. The van der Waals surface area contributed by atoms with Gasteiger partial charge in [-0.05, 0) is 26.7 Å². The lowest BCUT2D eigenvalue weighted by molar-refractivity contribution is 0.450. The first-order valence-electron chi connectivity index (χ1n) is 4.62. The molecule has 0 saturated carbocycles. The third kappa shape index (κ3) is 6.80. The van der Waals surface area contributed by atoms with E-state index in [0.717, 1.165) is 18.6 Å². The molecule has 0 amide bonds. The van der Waals surface area contributed by atoms with Crippen molar-refractivity contribution in [1.82, 2.24) is 5.32 Å². The molecule has 3 heteroatoms. The Hall–Kier alpha value is 0.110. The van der Waals surface area contributed by atoms with Gasteiger partial charge in [0.2, 0.25) is 0 Å². The van der Waals surface area contributed by atoms with Crippen molar-refractivity contribution < 1.29 is 4.21 Å². The predicted octanol–water partition coefficient (Wildman–Crippen LogP) is 1.53. The van der Waals surface area contributed by atoms with Crippen LogP contribution in [-0.2, 0) is 10.8 Å². The molecule has 0 aliphatic carbocycles. The van der Waals surface area contributed by atoms with Gasteiger partial charge in [-0.2, -0.15) is 0 Å². The van der Waals surface area contributed by atoms with E-state index < -0.39 is 10.8 Å². The van der Waals surface area contributed by atoms with E-state index >= 15 is 0 Å². The Morgan fingerprint density at radius 2 is 1.92 bits per heavy atom. The first-order valence-corrected chi connectivity index (χ1v) is 6.35. The van der Waals surface area contributed by atoms with Gasteiger partial charge in [-0.15, -0.1) is 0 Å². The van der Waals surface area contributed by atoms with Crippen LogP contribution in [0.3, 0.4) is 0 Å². The summed E-state index contributed by atoms with van der Waals surface area (Å²) in [7, 11) is -0.643. The Morgan fingerprint density at radius 3 is 2.33 bits per heavy atom. The second kappa shape index (κ2) is 6.61. The van der Waals surface area contributed by atoms with E-state index in [-0.39, 0.29) is 0 Å². The van der Waals surface area contributed by atoms with Gasteiger partial charge in [-0.25, -0.2) is 0 Å². The molecule has 12 heavy (non-hydrogen) atoms. The lowest BCUT2D eigenvalue weighted by atomic mass is 10.2. The normalized spacial score (nSPS) is 18.7. The second-order valence-electron chi connectivity index (χ2n) is 3.44. The minimum atomic E-state index is -0.643. The largest absolute Gasteiger partial charge is 0.312 e. The third-order valence-electron chi connectivity index (χ3n) is 2.02. The van der Waals surface area contributed by atoms with Crippen LogP contribution in [0.25, 0.3) is 0 Å². The summed E-state index contributed by atoms with van der Waals surface area (Å²) in [5.74, 6) is 0.810. The standard InChI is InChI=1S/C9H21NOS/c1-5-8(2)10-9(3)6-7-12(4)11/h8-10H,5-7H2,1-4H3. The Kier molecular flexibility index (Phi) is 6.67. The van der Waals surface area contributed by atoms with E-state index in [1.54, 1.807) is 6.26 Å². The van der Waals surface area contributed by atoms with Gasteiger partial charge in [0.1, 0.15) is 0 Å². The summed E-state index contributed by atoms with van der Waals surface area (Å²) in [4.78, 5) is 0. The summed E-state index contributed by atoms with van der Waals surface area (Å²) >= 11 is 0. The Morgan fingerprint density at radius 1 is 1.33 bits per heavy atom. The highest BCUT2D eigenvalue weighted by atomic mass is 32.2. The number of nitrogens with one attached hydrogen (secondary N) is 1. The van der Waals surface area contributed by atoms with Crippen molar-refractivity contribution in [3.63, 3.8) is 0 Å². The van der Waals surface area contributed by atoms with E-state index in [1.807, 2.05) is 0 Å². The summed E-state index contributed by atoms with van der Waals surface area (Å²) in [6, 6.07) is 1.06. The van der Waals surface area contributed by atoms with E-state index in [0.29, 0.717) is 12.1 Å². The van der Waals surface area contributed by atoms with Gasteiger partial charge in [0, 0.05) is 34.9 Å². The molecule has 3 atom stereocenters. The molecule has 0 heterocycles. The van der Waals surface area contributed by atoms with Crippen LogP contribution in [0.5, 0.6) is 0 Å². The van der Waals surface area contributed by atoms with Crippen LogP contribution in [0.15, 0.2) is 0 Å². The molecule has 2 nitrogen and oxygen atoms in total. The molecule has 0 saturated heterocycles. The van der Waals surface area contributed by atoms with Gasteiger partial charge < -0.3 is 5.32 Å². The van der Waals surface area contributed by atoms with Crippen molar-refractivity contribution in [2.75, 3.05) is 12.0 Å². The molecule has 0 fully saturated rings. The quantitative estimate of drug-likeness (QED) is 0.690. The maximum Gasteiger partial charge on any atom is 0.0246 e. The van der Waals surface area contributed by atoms with E-state index in [4.69, 9.17) is 0 Å². The Balaban J connectivity index is 3.45. The number of hydrogen-bond donors (Lipinski definition) is 1. The van der Waals surface area contributed by atoms with Crippen LogP contribution < -0.4 is 5.32 Å². The number of hydrogen-bond acceptors (Lipinski definition) is 2. The topological polar surface area (TPSA) is 29.1 Å². The van der Waals surface area contributed by atoms with E-state index in [1.165, 1.54) is 0 Å². The lowest BCUT2D eigenvalue weighted by Crippen LogP contribution is -2.34. The first-order chi connectivity index (χ1) is 5.56. The van der Waals surface area contributed by atoms with E-state index in [9.17, 15) is 4.21 Å². The zero-order valence-electron chi connectivity index (χ0n) is 8.59. The predicted molar refractivity (Wildman–Crippen MR) is 55.9 cm³/mol. The van der Waals surface area contributed by atoms with Crippen molar-refractivity contribution in [3.8, 4) is 0 Å². The van der Waals surface area contributed by atoms with Gasteiger partial charge in [0.15, 0.2) is 0 Å². The lowest BCUT2D eigenvalue weighted by Gasteiger charge is -2.17. The maximum absolute atomic E-state index is 10.8. The van der Waals surface area contributed by atoms with Crippen LogP contribution in [0.1, 0.15) is 33.6 Å². The third-order valence-corrected chi connectivity index (χ3v) is 2.83. The Labute approximate surface area is 78.6 Å². The summed E-state index contributed by atoms with van der Waals surface area (Å²) in [6.45, 7) is 6.50. The van der Waals surface area contributed by atoms with E-state index in [2.05, 4.69) is 26.1 Å². The molecule has 0 rings (SSSR count). The van der Waals surface area contributed by atoms with Gasteiger partial charge in [-0.1, -0.05) is 6.92 Å². The van der Waals surface area contributed by atoms with Crippen LogP contribution in [0, 0.1) is 0 Å². The molecule has 0 aromatic rings. The SMILES string of the molecule is CCC(C)NC(C)CCS(C)=O. The molecule has 0 aromatic heterocycles. The van der Waals surface area contributed by atoms with Gasteiger partial charge >= 0.3 is 0 Å². The molecule has 74 valence electrons. The zero-order valence-corrected chi connectivity index (χ0v) is 9.41. The van der Waals surface area contributed by atoms with Gasteiger partial charge in [0.05, 0.1) is 0 Å².